The van der Waals surface area contributed by atoms with Crippen LogP contribution in [0, 0.1) is 18.3 Å². The Kier molecular flexibility index (Phi) is 7.26. The fourth-order valence-electron chi connectivity index (χ4n) is 3.90. The quantitative estimate of drug-likeness (QED) is 0.370. The number of hydrogen-bond donors (Lipinski definition) is 6. The molecule has 2 aromatic rings. The lowest BCUT2D eigenvalue weighted by atomic mass is 9.87. The van der Waals surface area contributed by atoms with Crippen LogP contribution in [0.3, 0.4) is 0 Å². The van der Waals surface area contributed by atoms with E-state index in [1.54, 1.807) is 43.3 Å². The molecule has 0 bridgehead atoms. The SMILES string of the molecule is CNC(=O)c1cc(-c2ccc([C@@H](O)[C@H]3O[C@H](CO)[C@@H](O)[C@H](O)[C@@H]3O)c(C)c2)ccc1C#N. The highest BCUT2D eigenvalue weighted by molar-refractivity contribution is 5.97. The summed E-state index contributed by atoms with van der Waals surface area (Å²) in [5, 5.41) is 62.2. The maximum Gasteiger partial charge on any atom is 0.252 e. The van der Waals surface area contributed by atoms with Gasteiger partial charge in [0.15, 0.2) is 0 Å². The normalized spacial score (nSPS) is 26.2. The molecule has 1 fully saturated rings. The van der Waals surface area contributed by atoms with Crippen LogP contribution >= 0.6 is 0 Å². The standard InChI is InChI=1S/C23H26N2O7/c1-11-7-12(13-3-4-14(9-24)16(8-13)23(31)25-2)5-6-15(11)18(27)22-21(30)20(29)19(28)17(10-26)32-22/h3-8,17-22,26-30H,10H2,1-2H3,(H,25,31)/t17-,18-,19-,20+,21+,22-/m1/s1. The molecular formula is C23H26N2O7. The number of ether oxygens (including phenoxy) is 1. The summed E-state index contributed by atoms with van der Waals surface area (Å²) in [6.45, 7) is 1.16. The monoisotopic (exact) mass is 442 g/mol. The Morgan fingerprint density at radius 3 is 2.38 bits per heavy atom. The topological polar surface area (TPSA) is 163 Å². The van der Waals surface area contributed by atoms with Crippen molar-refractivity contribution in [2.75, 3.05) is 13.7 Å². The second kappa shape index (κ2) is 9.75. The van der Waals surface area contributed by atoms with E-state index in [4.69, 9.17) is 4.74 Å². The average Bonchev–Trinajstić information content (AvgIpc) is 2.81. The number of amides is 1. The van der Waals surface area contributed by atoms with Crippen molar-refractivity contribution < 1.29 is 35.1 Å². The number of nitrogens with one attached hydrogen (secondary N) is 1. The Morgan fingerprint density at radius 2 is 1.78 bits per heavy atom. The van der Waals surface area contributed by atoms with Crippen molar-refractivity contribution in [1.29, 1.82) is 5.26 Å². The largest absolute Gasteiger partial charge is 0.394 e. The Bertz CT molecular complexity index is 1030. The van der Waals surface area contributed by atoms with Crippen LogP contribution in [-0.4, -0.2) is 75.6 Å². The first kappa shape index (κ1) is 23.8. The Balaban J connectivity index is 1.92. The van der Waals surface area contributed by atoms with Gasteiger partial charge in [0.2, 0.25) is 0 Å². The summed E-state index contributed by atoms with van der Waals surface area (Å²) in [5.41, 5.74) is 3.01. The van der Waals surface area contributed by atoms with Crippen molar-refractivity contribution in [1.82, 2.24) is 5.32 Å². The van der Waals surface area contributed by atoms with Crippen molar-refractivity contribution >= 4 is 5.91 Å². The highest BCUT2D eigenvalue weighted by Gasteiger charge is 2.46. The van der Waals surface area contributed by atoms with Gasteiger partial charge in [-0.2, -0.15) is 5.26 Å². The number of benzene rings is 2. The molecule has 9 nitrogen and oxygen atoms in total. The summed E-state index contributed by atoms with van der Waals surface area (Å²) in [7, 11) is 1.48. The van der Waals surface area contributed by atoms with Crippen molar-refractivity contribution in [3.05, 3.63) is 58.7 Å². The molecule has 1 aliphatic heterocycles. The van der Waals surface area contributed by atoms with Gasteiger partial charge in [0, 0.05) is 7.05 Å². The maximum absolute atomic E-state index is 12.1. The average molecular weight is 442 g/mol. The van der Waals surface area contributed by atoms with Crippen molar-refractivity contribution in [2.24, 2.45) is 0 Å². The van der Waals surface area contributed by atoms with E-state index in [-0.39, 0.29) is 17.0 Å². The lowest BCUT2D eigenvalue weighted by Crippen LogP contribution is -2.59. The van der Waals surface area contributed by atoms with Gasteiger partial charge in [0.05, 0.1) is 23.8 Å². The first-order chi connectivity index (χ1) is 15.2. The van der Waals surface area contributed by atoms with Crippen LogP contribution in [0.4, 0.5) is 0 Å². The third-order valence-electron chi connectivity index (χ3n) is 5.77. The highest BCUT2D eigenvalue weighted by Crippen LogP contribution is 2.33. The number of carbonyl (C=O) groups is 1. The number of nitriles is 1. The molecule has 0 aromatic heterocycles. The summed E-state index contributed by atoms with van der Waals surface area (Å²) in [6, 6.07) is 12.0. The number of nitrogens with zero attached hydrogens (tertiary/aromatic N) is 1. The second-order valence-electron chi connectivity index (χ2n) is 7.76. The highest BCUT2D eigenvalue weighted by atomic mass is 16.6. The number of carbonyl (C=O) groups excluding carboxylic acids is 1. The van der Waals surface area contributed by atoms with E-state index in [0.29, 0.717) is 16.7 Å². The van der Waals surface area contributed by atoms with E-state index in [1.165, 1.54) is 7.05 Å². The van der Waals surface area contributed by atoms with Crippen LogP contribution in [-0.2, 0) is 4.74 Å². The third-order valence-corrected chi connectivity index (χ3v) is 5.77. The van der Waals surface area contributed by atoms with Gasteiger partial charge < -0.3 is 35.6 Å². The predicted octanol–water partition coefficient (Wildman–Crippen LogP) is -0.231. The van der Waals surface area contributed by atoms with Crippen LogP contribution in [0.1, 0.15) is 33.2 Å². The first-order valence-electron chi connectivity index (χ1n) is 10.1. The van der Waals surface area contributed by atoms with Crippen LogP contribution in [0.25, 0.3) is 11.1 Å². The number of aliphatic hydroxyl groups excluding tert-OH is 5. The summed E-state index contributed by atoms with van der Waals surface area (Å²) >= 11 is 0. The van der Waals surface area contributed by atoms with Gasteiger partial charge in [-0.1, -0.05) is 24.3 Å². The van der Waals surface area contributed by atoms with Gasteiger partial charge in [0.1, 0.15) is 36.6 Å². The van der Waals surface area contributed by atoms with Crippen LogP contribution in [0.15, 0.2) is 36.4 Å². The van der Waals surface area contributed by atoms with E-state index in [0.717, 1.165) is 5.56 Å². The van der Waals surface area contributed by atoms with Gasteiger partial charge in [-0.15, -0.1) is 0 Å². The minimum Gasteiger partial charge on any atom is -0.394 e. The van der Waals surface area contributed by atoms with Gasteiger partial charge in [0.25, 0.3) is 5.91 Å². The molecule has 1 saturated heterocycles. The van der Waals surface area contributed by atoms with Gasteiger partial charge in [-0.25, -0.2) is 0 Å². The minimum absolute atomic E-state index is 0.246. The summed E-state index contributed by atoms with van der Waals surface area (Å²) in [5.74, 6) is -0.380. The molecule has 0 unspecified atom stereocenters. The zero-order chi connectivity index (χ0) is 23.6. The Labute approximate surface area is 185 Å². The predicted molar refractivity (Wildman–Crippen MR) is 113 cm³/mol. The molecule has 1 heterocycles. The minimum atomic E-state index is -1.58. The van der Waals surface area contributed by atoms with E-state index in [1.807, 2.05) is 6.07 Å². The maximum atomic E-state index is 12.1. The Morgan fingerprint density at radius 1 is 1.12 bits per heavy atom. The molecule has 6 N–H and O–H groups in total. The molecular weight excluding hydrogens is 416 g/mol. The molecule has 2 aromatic carbocycles. The molecule has 0 radical (unpaired) electrons. The zero-order valence-corrected chi connectivity index (χ0v) is 17.6. The van der Waals surface area contributed by atoms with Crippen LogP contribution in [0.2, 0.25) is 0 Å². The van der Waals surface area contributed by atoms with E-state index in [2.05, 4.69) is 5.32 Å². The molecule has 1 aliphatic rings. The molecule has 32 heavy (non-hydrogen) atoms. The second-order valence-corrected chi connectivity index (χ2v) is 7.76. The molecule has 9 heteroatoms. The van der Waals surface area contributed by atoms with Crippen LogP contribution < -0.4 is 5.32 Å². The van der Waals surface area contributed by atoms with E-state index in [9.17, 15) is 35.6 Å². The fraction of sp³-hybridized carbons (Fsp3) is 0.391. The van der Waals surface area contributed by atoms with Crippen LogP contribution in [0.5, 0.6) is 0 Å². The van der Waals surface area contributed by atoms with E-state index < -0.39 is 43.2 Å². The first-order valence-corrected chi connectivity index (χ1v) is 10.1. The number of rotatable bonds is 5. The molecule has 0 spiro atoms. The fourth-order valence-corrected chi connectivity index (χ4v) is 3.90. The summed E-state index contributed by atoms with van der Waals surface area (Å²) in [6.07, 6.45) is -8.36. The molecule has 0 aliphatic carbocycles. The molecule has 0 saturated carbocycles. The number of aryl methyl sites for hydroxylation is 1. The number of aliphatic hydroxyl groups is 5. The lowest BCUT2D eigenvalue weighted by molar-refractivity contribution is -0.250. The smallest absolute Gasteiger partial charge is 0.252 e. The summed E-state index contributed by atoms with van der Waals surface area (Å²) in [4.78, 5) is 12.1. The van der Waals surface area contributed by atoms with Gasteiger partial charge in [-0.05, 0) is 41.3 Å². The van der Waals surface area contributed by atoms with Gasteiger partial charge in [-0.3, -0.25) is 4.79 Å². The molecule has 3 rings (SSSR count). The Hall–Kier alpha value is -2.84. The van der Waals surface area contributed by atoms with Crippen molar-refractivity contribution in [2.45, 2.75) is 43.5 Å². The molecule has 6 atom stereocenters. The van der Waals surface area contributed by atoms with E-state index >= 15 is 0 Å². The van der Waals surface area contributed by atoms with Gasteiger partial charge >= 0.3 is 0 Å². The summed E-state index contributed by atoms with van der Waals surface area (Å²) < 4.78 is 5.46. The zero-order valence-electron chi connectivity index (χ0n) is 17.6. The molecule has 1 amide bonds. The third kappa shape index (κ3) is 4.38. The van der Waals surface area contributed by atoms with Crippen molar-refractivity contribution in [3.8, 4) is 17.2 Å². The number of hydrogen-bond acceptors (Lipinski definition) is 8. The lowest BCUT2D eigenvalue weighted by Gasteiger charge is -2.42. The molecule has 170 valence electrons. The van der Waals surface area contributed by atoms with Crippen molar-refractivity contribution in [3.63, 3.8) is 0 Å².